The maximum absolute atomic E-state index is 13.4. The van der Waals surface area contributed by atoms with Gasteiger partial charge in [-0.1, -0.05) is 60.7 Å². The largest absolute Gasteiger partial charge is 0.479 e. The SMILES string of the molecule is CC1(C)Oc2cc([N+](=O)[O-])ccc2C(NCCc2ccccc2)=C1OC(=O)/C=C\C(=O)OC1=C(NCCc2ccccc2)c2ccc([N+](=O)[O-])cc2OC1(C)C. The lowest BCUT2D eigenvalue weighted by Crippen LogP contribution is -2.39. The summed E-state index contributed by atoms with van der Waals surface area (Å²) in [5, 5.41) is 29.7. The number of rotatable bonds is 14. The zero-order chi connectivity index (χ0) is 40.0. The molecule has 2 aliphatic rings. The molecule has 4 aromatic carbocycles. The van der Waals surface area contributed by atoms with E-state index in [0.717, 1.165) is 23.3 Å². The second-order valence-electron chi connectivity index (χ2n) is 14.0. The Morgan fingerprint density at radius 2 is 1.00 bits per heavy atom. The molecule has 6 rings (SSSR count). The molecule has 2 N–H and O–H groups in total. The summed E-state index contributed by atoms with van der Waals surface area (Å²) in [6, 6.07) is 27.9. The molecule has 14 heteroatoms. The van der Waals surface area contributed by atoms with Gasteiger partial charge in [0, 0.05) is 48.5 Å². The molecule has 56 heavy (non-hydrogen) atoms. The number of carbonyl (C=O) groups is 2. The summed E-state index contributed by atoms with van der Waals surface area (Å²) < 4.78 is 24.0. The van der Waals surface area contributed by atoms with Gasteiger partial charge in [0.15, 0.2) is 22.7 Å². The van der Waals surface area contributed by atoms with Crippen LogP contribution in [-0.4, -0.2) is 46.1 Å². The number of nitro groups is 2. The quantitative estimate of drug-likeness (QED) is 0.0572. The van der Waals surface area contributed by atoms with Gasteiger partial charge >= 0.3 is 11.9 Å². The fourth-order valence-electron chi connectivity index (χ4n) is 6.38. The number of nitro benzene ring substituents is 2. The van der Waals surface area contributed by atoms with Crippen molar-refractivity contribution in [3.05, 3.63) is 163 Å². The van der Waals surface area contributed by atoms with Crippen LogP contribution < -0.4 is 20.1 Å². The Morgan fingerprint density at radius 3 is 1.36 bits per heavy atom. The minimum absolute atomic E-state index is 0.107. The van der Waals surface area contributed by atoms with Gasteiger partial charge in [-0.15, -0.1) is 0 Å². The highest BCUT2D eigenvalue weighted by Gasteiger charge is 2.40. The first-order valence-electron chi connectivity index (χ1n) is 17.8. The molecule has 4 aromatic rings. The molecular weight excluding hydrogens is 720 g/mol. The minimum Gasteiger partial charge on any atom is -0.479 e. The van der Waals surface area contributed by atoms with Crippen LogP contribution in [-0.2, 0) is 31.9 Å². The molecule has 0 saturated carbocycles. The Kier molecular flexibility index (Phi) is 11.2. The summed E-state index contributed by atoms with van der Waals surface area (Å²) in [6.45, 7) is 7.49. The summed E-state index contributed by atoms with van der Waals surface area (Å²) in [5.74, 6) is -1.13. The molecular formula is C42H40N4O10. The van der Waals surface area contributed by atoms with E-state index in [1.54, 1.807) is 27.7 Å². The molecule has 2 aliphatic heterocycles. The summed E-state index contributed by atoms with van der Waals surface area (Å²) in [7, 11) is 0. The van der Waals surface area contributed by atoms with Gasteiger partial charge in [-0.2, -0.15) is 0 Å². The van der Waals surface area contributed by atoms with Crippen molar-refractivity contribution in [2.24, 2.45) is 0 Å². The second-order valence-corrected chi connectivity index (χ2v) is 14.0. The number of nitrogens with zero attached hydrogens (tertiary/aromatic N) is 2. The third-order valence-electron chi connectivity index (χ3n) is 9.05. The first-order chi connectivity index (χ1) is 26.7. The van der Waals surface area contributed by atoms with E-state index in [-0.39, 0.29) is 34.4 Å². The number of nitrogens with one attached hydrogen (secondary N) is 2. The highest BCUT2D eigenvalue weighted by atomic mass is 16.6. The Balaban J connectivity index is 1.25. The van der Waals surface area contributed by atoms with E-state index < -0.39 is 33.0 Å². The average molecular weight is 761 g/mol. The van der Waals surface area contributed by atoms with Crippen LogP contribution in [0.4, 0.5) is 11.4 Å². The second kappa shape index (κ2) is 16.2. The third-order valence-corrected chi connectivity index (χ3v) is 9.05. The third kappa shape index (κ3) is 8.87. The Bertz CT molecular complexity index is 2100. The Labute approximate surface area is 322 Å². The Morgan fingerprint density at radius 1 is 0.625 bits per heavy atom. The van der Waals surface area contributed by atoms with Crippen molar-refractivity contribution in [1.82, 2.24) is 10.6 Å². The van der Waals surface area contributed by atoms with E-state index in [9.17, 15) is 29.8 Å². The normalized spacial score (nSPS) is 15.1. The smallest absolute Gasteiger partial charge is 0.336 e. The number of hydrogen-bond acceptors (Lipinski definition) is 12. The average Bonchev–Trinajstić information content (AvgIpc) is 3.16. The van der Waals surface area contributed by atoms with Gasteiger partial charge in [0.05, 0.1) is 33.4 Å². The molecule has 0 saturated heterocycles. The maximum atomic E-state index is 13.4. The van der Waals surface area contributed by atoms with E-state index in [2.05, 4.69) is 10.6 Å². The summed E-state index contributed by atoms with van der Waals surface area (Å²) in [4.78, 5) is 48.8. The number of carbonyl (C=O) groups excluding carboxylic acids is 2. The van der Waals surface area contributed by atoms with Gasteiger partial charge in [-0.25, -0.2) is 9.59 Å². The lowest BCUT2D eigenvalue weighted by molar-refractivity contribution is -0.385. The Hall–Kier alpha value is -6.96. The van der Waals surface area contributed by atoms with E-state index >= 15 is 0 Å². The fraction of sp³-hybridized carbons (Fsp3) is 0.238. The van der Waals surface area contributed by atoms with Crippen molar-refractivity contribution in [1.29, 1.82) is 0 Å². The number of non-ortho nitro benzene ring substituents is 2. The molecule has 2 heterocycles. The predicted octanol–water partition coefficient (Wildman–Crippen LogP) is 7.19. The molecule has 288 valence electrons. The van der Waals surface area contributed by atoms with Crippen molar-refractivity contribution in [3.8, 4) is 11.5 Å². The van der Waals surface area contributed by atoms with Gasteiger partial charge in [0.25, 0.3) is 11.4 Å². The number of ether oxygens (including phenoxy) is 4. The van der Waals surface area contributed by atoms with Crippen molar-refractivity contribution < 1.29 is 38.4 Å². The molecule has 0 amide bonds. The van der Waals surface area contributed by atoms with Crippen molar-refractivity contribution >= 4 is 34.7 Å². The molecule has 0 atom stereocenters. The standard InChI is InChI=1S/C42H40N4O10/c1-41(2)39(37(43-23-21-27-11-7-5-8-12-27)31-17-15-29(45(49)50)25-33(31)55-41)53-35(47)19-20-36(48)54-40-38(44-24-22-28-13-9-6-10-14-28)32-18-16-30(46(51)52)26-34(32)56-42(40,3)4/h5-20,25-26,43-44H,21-24H2,1-4H3/b20-19-. The molecule has 14 nitrogen and oxygen atoms in total. The molecule has 0 aromatic heterocycles. The van der Waals surface area contributed by atoms with Crippen molar-refractivity contribution in [2.75, 3.05) is 13.1 Å². The van der Waals surface area contributed by atoms with Crippen molar-refractivity contribution in [2.45, 2.75) is 51.7 Å². The number of fused-ring (bicyclic) bond motifs is 2. The van der Waals surface area contributed by atoms with Crippen LogP contribution in [0.15, 0.2) is 121 Å². The predicted molar refractivity (Wildman–Crippen MR) is 207 cm³/mol. The molecule has 0 radical (unpaired) electrons. The van der Waals surface area contributed by atoms with Gasteiger partial charge in [-0.3, -0.25) is 20.2 Å². The highest BCUT2D eigenvalue weighted by Crippen LogP contribution is 2.43. The topological polar surface area (TPSA) is 181 Å². The summed E-state index contributed by atoms with van der Waals surface area (Å²) in [6.07, 6.45) is 3.10. The van der Waals surface area contributed by atoms with Crippen LogP contribution >= 0.6 is 0 Å². The first kappa shape index (κ1) is 38.8. The van der Waals surface area contributed by atoms with E-state index in [1.807, 2.05) is 60.7 Å². The van der Waals surface area contributed by atoms with Crippen LogP contribution in [0.3, 0.4) is 0 Å². The molecule has 0 unspecified atom stereocenters. The van der Waals surface area contributed by atoms with Crippen LogP contribution in [0.5, 0.6) is 11.5 Å². The molecule has 0 fully saturated rings. The van der Waals surface area contributed by atoms with Crippen LogP contribution in [0.1, 0.15) is 49.9 Å². The van der Waals surface area contributed by atoms with Crippen molar-refractivity contribution in [3.63, 3.8) is 0 Å². The molecule has 0 bridgehead atoms. The van der Waals surface area contributed by atoms with E-state index in [4.69, 9.17) is 18.9 Å². The van der Waals surface area contributed by atoms with Gasteiger partial charge < -0.3 is 29.6 Å². The molecule has 0 aliphatic carbocycles. The highest BCUT2D eigenvalue weighted by molar-refractivity contribution is 5.94. The van der Waals surface area contributed by atoms with Crippen LogP contribution in [0.2, 0.25) is 0 Å². The fourth-order valence-corrected chi connectivity index (χ4v) is 6.38. The lowest BCUT2D eigenvalue weighted by atomic mass is 9.96. The lowest BCUT2D eigenvalue weighted by Gasteiger charge is -2.36. The van der Waals surface area contributed by atoms with Gasteiger partial charge in [0.1, 0.15) is 11.5 Å². The maximum Gasteiger partial charge on any atom is 0.336 e. The summed E-state index contributed by atoms with van der Waals surface area (Å²) >= 11 is 0. The first-order valence-corrected chi connectivity index (χ1v) is 17.8. The monoisotopic (exact) mass is 760 g/mol. The van der Waals surface area contributed by atoms with Crippen LogP contribution in [0.25, 0.3) is 11.4 Å². The zero-order valence-corrected chi connectivity index (χ0v) is 31.2. The summed E-state index contributed by atoms with van der Waals surface area (Å²) in [5.41, 5.74) is 1.00. The van der Waals surface area contributed by atoms with Gasteiger partial charge in [-0.05, 0) is 63.8 Å². The molecule has 0 spiro atoms. The number of benzene rings is 4. The zero-order valence-electron chi connectivity index (χ0n) is 31.2. The number of hydrogen-bond donors (Lipinski definition) is 2. The van der Waals surface area contributed by atoms with Gasteiger partial charge in [0.2, 0.25) is 0 Å². The van der Waals surface area contributed by atoms with E-state index in [0.29, 0.717) is 48.5 Å². The minimum atomic E-state index is -1.27. The van der Waals surface area contributed by atoms with E-state index in [1.165, 1.54) is 36.4 Å². The van der Waals surface area contributed by atoms with Crippen LogP contribution in [0, 0.1) is 20.2 Å². The number of esters is 2.